The molecule has 6 heteroatoms. The van der Waals surface area contributed by atoms with Crippen molar-refractivity contribution in [1.82, 2.24) is 0 Å². The van der Waals surface area contributed by atoms with E-state index in [1.807, 2.05) is 28.7 Å². The first-order valence-electron chi connectivity index (χ1n) is 4.10. The van der Waals surface area contributed by atoms with E-state index in [2.05, 4.69) is 29.2 Å². The number of halogens is 3. The van der Waals surface area contributed by atoms with Gasteiger partial charge in [0.1, 0.15) is 17.4 Å². The topological polar surface area (TPSA) is 46.5 Å². The van der Waals surface area contributed by atoms with E-state index in [0.29, 0.717) is 9.13 Å². The van der Waals surface area contributed by atoms with E-state index in [0.717, 1.165) is 3.57 Å². The van der Waals surface area contributed by atoms with Crippen molar-refractivity contribution in [3.63, 3.8) is 0 Å². The number of hydrogen-bond acceptors (Lipinski definition) is 3. The summed E-state index contributed by atoms with van der Waals surface area (Å²) in [6.45, 7) is 3.23. The number of benzene rings is 1. The Kier molecular flexibility index (Phi) is 5.32. The molecule has 3 nitrogen and oxygen atoms in total. The molecular weight excluding hydrogens is 457 g/mol. The maximum atomic E-state index is 11.1. The van der Waals surface area contributed by atoms with Crippen LogP contribution in [0.15, 0.2) is 23.7 Å². The molecule has 0 atom stereocenters. The van der Waals surface area contributed by atoms with Gasteiger partial charge in [0.05, 0.1) is 3.57 Å². The van der Waals surface area contributed by atoms with Crippen molar-refractivity contribution in [2.45, 2.75) is 6.61 Å². The highest BCUT2D eigenvalue weighted by atomic mass is 127. The molecule has 0 fully saturated rings. The molecule has 0 aliphatic rings. The number of hydrogen-bond donors (Lipinski definition) is 1. The lowest BCUT2D eigenvalue weighted by atomic mass is 10.2. The zero-order chi connectivity index (χ0) is 12.3. The van der Waals surface area contributed by atoms with Gasteiger partial charge in [-0.1, -0.05) is 18.2 Å². The summed E-state index contributed by atoms with van der Waals surface area (Å²) in [6.07, 6.45) is 0. The summed E-state index contributed by atoms with van der Waals surface area (Å²) in [5, 5.41) is 9.54. The van der Waals surface area contributed by atoms with E-state index in [9.17, 15) is 9.90 Å². The van der Waals surface area contributed by atoms with Crippen LogP contribution in [-0.2, 0) is 16.1 Å². The molecular formula is C10H7ClI2O3. The lowest BCUT2D eigenvalue weighted by Gasteiger charge is -2.08. The van der Waals surface area contributed by atoms with Gasteiger partial charge in [0.25, 0.3) is 0 Å². The maximum absolute atomic E-state index is 11.1. The van der Waals surface area contributed by atoms with Crippen LogP contribution >= 0.6 is 56.8 Å². The molecule has 0 saturated heterocycles. The second kappa shape index (κ2) is 6.06. The van der Waals surface area contributed by atoms with E-state index in [1.54, 1.807) is 6.07 Å². The summed E-state index contributed by atoms with van der Waals surface area (Å²) < 4.78 is 6.51. The van der Waals surface area contributed by atoms with Crippen molar-refractivity contribution in [1.29, 1.82) is 0 Å². The Labute approximate surface area is 125 Å². The quantitative estimate of drug-likeness (QED) is 0.424. The minimum absolute atomic E-state index is 0.0246. The standard InChI is InChI=1S/C10H7ClI2O3/c1-5(11)10(15)16-4-6-2-7(12)3-8(13)9(6)14/h2-3,14H,1,4H2. The number of carbonyl (C=O) groups is 1. The van der Waals surface area contributed by atoms with Crippen LogP contribution in [0.1, 0.15) is 5.56 Å². The molecule has 0 heterocycles. The third-order valence-corrected chi connectivity index (χ3v) is 3.29. The van der Waals surface area contributed by atoms with Crippen molar-refractivity contribution in [3.05, 3.63) is 36.4 Å². The van der Waals surface area contributed by atoms with Gasteiger partial charge < -0.3 is 9.84 Å². The van der Waals surface area contributed by atoms with Crippen LogP contribution in [0.3, 0.4) is 0 Å². The molecule has 0 aliphatic heterocycles. The highest BCUT2D eigenvalue weighted by Crippen LogP contribution is 2.27. The van der Waals surface area contributed by atoms with Crippen LogP contribution in [0, 0.1) is 7.14 Å². The van der Waals surface area contributed by atoms with Crippen molar-refractivity contribution in [2.24, 2.45) is 0 Å². The van der Waals surface area contributed by atoms with Crippen molar-refractivity contribution in [2.75, 3.05) is 0 Å². The number of phenolic OH excluding ortho intramolecular Hbond substituents is 1. The second-order valence-electron chi connectivity index (χ2n) is 2.88. The number of ether oxygens (including phenoxy) is 1. The number of carbonyl (C=O) groups excluding carboxylic acids is 1. The van der Waals surface area contributed by atoms with Crippen LogP contribution in [0.4, 0.5) is 0 Å². The van der Waals surface area contributed by atoms with Crippen molar-refractivity contribution >= 4 is 62.8 Å². The molecule has 0 amide bonds. The smallest absolute Gasteiger partial charge is 0.349 e. The predicted molar refractivity (Wildman–Crippen MR) is 78.3 cm³/mol. The van der Waals surface area contributed by atoms with Crippen LogP contribution in [0.2, 0.25) is 0 Å². The second-order valence-corrected chi connectivity index (χ2v) is 5.74. The van der Waals surface area contributed by atoms with Crippen LogP contribution in [0.25, 0.3) is 0 Å². The minimum atomic E-state index is -0.685. The summed E-state index contributed by atoms with van der Waals surface area (Å²) in [5.41, 5.74) is 0.544. The van der Waals surface area contributed by atoms with Gasteiger partial charge >= 0.3 is 5.97 Å². The lowest BCUT2D eigenvalue weighted by Crippen LogP contribution is -2.04. The molecule has 0 aliphatic carbocycles. The average molecular weight is 464 g/mol. The molecule has 0 radical (unpaired) electrons. The van der Waals surface area contributed by atoms with E-state index in [1.165, 1.54) is 0 Å². The zero-order valence-corrected chi connectivity index (χ0v) is 13.0. The Morgan fingerprint density at radius 1 is 1.50 bits per heavy atom. The van der Waals surface area contributed by atoms with Gasteiger partial charge in [0, 0.05) is 9.13 Å². The normalized spacial score (nSPS) is 9.94. The van der Waals surface area contributed by atoms with Crippen molar-refractivity contribution < 1.29 is 14.6 Å². The van der Waals surface area contributed by atoms with Gasteiger partial charge in [-0.25, -0.2) is 4.79 Å². The fourth-order valence-electron chi connectivity index (χ4n) is 0.951. The van der Waals surface area contributed by atoms with Gasteiger partial charge in [-0.15, -0.1) is 0 Å². The predicted octanol–water partition coefficient (Wildman–Crippen LogP) is 3.40. The number of aromatic hydroxyl groups is 1. The molecule has 0 aromatic heterocycles. The Morgan fingerprint density at radius 2 is 2.12 bits per heavy atom. The van der Waals surface area contributed by atoms with Gasteiger partial charge in [0.2, 0.25) is 0 Å². The fraction of sp³-hybridized carbons (Fsp3) is 0.100. The lowest BCUT2D eigenvalue weighted by molar-refractivity contribution is -0.139. The highest BCUT2D eigenvalue weighted by Gasteiger charge is 2.11. The summed E-state index contributed by atoms with van der Waals surface area (Å²) in [5.74, 6) is -0.566. The molecule has 16 heavy (non-hydrogen) atoms. The Morgan fingerprint density at radius 3 is 2.69 bits per heavy atom. The Balaban J connectivity index is 2.82. The van der Waals surface area contributed by atoms with Gasteiger partial charge in [0.15, 0.2) is 0 Å². The average Bonchev–Trinajstić information content (AvgIpc) is 2.20. The molecule has 1 rings (SSSR count). The molecule has 1 aromatic carbocycles. The first kappa shape index (κ1) is 14.0. The minimum Gasteiger partial charge on any atom is -0.506 e. The van der Waals surface area contributed by atoms with Crippen molar-refractivity contribution in [3.8, 4) is 5.75 Å². The Hall–Kier alpha value is -0.0200. The fourth-order valence-corrected chi connectivity index (χ4v) is 2.97. The Bertz CT molecular complexity index is 446. The van der Waals surface area contributed by atoms with Gasteiger partial charge in [-0.2, -0.15) is 0 Å². The largest absolute Gasteiger partial charge is 0.506 e. The number of rotatable bonds is 3. The van der Waals surface area contributed by atoms with Gasteiger partial charge in [-0.3, -0.25) is 0 Å². The van der Waals surface area contributed by atoms with Gasteiger partial charge in [-0.05, 0) is 57.3 Å². The number of phenols is 1. The van der Waals surface area contributed by atoms with Crippen LogP contribution < -0.4 is 0 Å². The first-order valence-corrected chi connectivity index (χ1v) is 6.63. The third kappa shape index (κ3) is 3.77. The first-order chi connectivity index (χ1) is 7.41. The highest BCUT2D eigenvalue weighted by molar-refractivity contribution is 14.1. The molecule has 1 aromatic rings. The van der Waals surface area contributed by atoms with E-state index in [-0.39, 0.29) is 17.4 Å². The molecule has 0 bridgehead atoms. The SMILES string of the molecule is C=C(Cl)C(=O)OCc1cc(I)cc(I)c1O. The molecule has 0 spiro atoms. The monoisotopic (exact) mass is 464 g/mol. The van der Waals surface area contributed by atoms with E-state index in [4.69, 9.17) is 16.3 Å². The molecule has 0 saturated carbocycles. The van der Waals surface area contributed by atoms with Crippen LogP contribution in [0.5, 0.6) is 5.75 Å². The summed E-state index contributed by atoms with van der Waals surface area (Å²) in [7, 11) is 0. The summed E-state index contributed by atoms with van der Waals surface area (Å²) in [4.78, 5) is 11.1. The summed E-state index contributed by atoms with van der Waals surface area (Å²) in [6, 6.07) is 3.56. The zero-order valence-electron chi connectivity index (χ0n) is 7.97. The molecule has 86 valence electrons. The maximum Gasteiger partial charge on any atom is 0.349 e. The molecule has 0 unspecified atom stereocenters. The third-order valence-electron chi connectivity index (χ3n) is 1.69. The van der Waals surface area contributed by atoms with E-state index >= 15 is 0 Å². The van der Waals surface area contributed by atoms with Crippen LogP contribution in [-0.4, -0.2) is 11.1 Å². The number of esters is 1. The summed E-state index contributed by atoms with van der Waals surface area (Å²) >= 11 is 9.49. The molecule has 1 N–H and O–H groups in total. The van der Waals surface area contributed by atoms with E-state index < -0.39 is 5.97 Å².